The summed E-state index contributed by atoms with van der Waals surface area (Å²) in [6.07, 6.45) is 5.79. The van der Waals surface area contributed by atoms with Crippen LogP contribution in [0.1, 0.15) is 29.5 Å². The van der Waals surface area contributed by atoms with Crippen LogP contribution >= 0.6 is 11.6 Å². The summed E-state index contributed by atoms with van der Waals surface area (Å²) in [6, 6.07) is 21.9. The number of hydrogen-bond acceptors (Lipinski definition) is 1. The van der Waals surface area contributed by atoms with Gasteiger partial charge in [0.1, 0.15) is 0 Å². The van der Waals surface area contributed by atoms with Crippen molar-refractivity contribution < 1.29 is 0 Å². The Morgan fingerprint density at radius 1 is 0.917 bits per heavy atom. The molecular formula is C22H18ClN. The van der Waals surface area contributed by atoms with Crippen molar-refractivity contribution in [3.05, 3.63) is 89.0 Å². The second-order valence-corrected chi connectivity index (χ2v) is 7.21. The maximum Gasteiger partial charge on any atom is 0.0560 e. The molecule has 0 bridgehead atoms. The van der Waals surface area contributed by atoms with Crippen LogP contribution < -0.4 is 5.32 Å². The molecule has 0 saturated heterocycles. The third kappa shape index (κ3) is 2.08. The fourth-order valence-electron chi connectivity index (χ4n) is 4.39. The van der Waals surface area contributed by atoms with Crippen LogP contribution in [0.5, 0.6) is 0 Å². The van der Waals surface area contributed by atoms with E-state index in [2.05, 4.69) is 72.1 Å². The number of rotatable bonds is 1. The molecule has 24 heavy (non-hydrogen) atoms. The van der Waals surface area contributed by atoms with Gasteiger partial charge in [-0.2, -0.15) is 0 Å². The van der Waals surface area contributed by atoms with Crippen LogP contribution in [0.4, 0.5) is 5.69 Å². The van der Waals surface area contributed by atoms with Gasteiger partial charge in [-0.3, -0.25) is 0 Å². The summed E-state index contributed by atoms with van der Waals surface area (Å²) in [5, 5.41) is 7.28. The first-order chi connectivity index (χ1) is 11.8. The molecule has 2 heteroatoms. The second kappa shape index (κ2) is 5.39. The van der Waals surface area contributed by atoms with Gasteiger partial charge in [0.2, 0.25) is 0 Å². The lowest BCUT2D eigenvalue weighted by molar-refractivity contribution is 0.427. The third-order valence-electron chi connectivity index (χ3n) is 5.48. The predicted molar refractivity (Wildman–Crippen MR) is 102 cm³/mol. The Hall–Kier alpha value is -2.25. The second-order valence-electron chi connectivity index (χ2n) is 6.78. The molecule has 3 aromatic carbocycles. The van der Waals surface area contributed by atoms with E-state index in [9.17, 15) is 0 Å². The van der Waals surface area contributed by atoms with Gasteiger partial charge in [0.15, 0.2) is 0 Å². The first-order valence-electron chi connectivity index (χ1n) is 8.51. The van der Waals surface area contributed by atoms with Crippen molar-refractivity contribution in [2.75, 3.05) is 5.32 Å². The van der Waals surface area contributed by atoms with Gasteiger partial charge in [0.05, 0.1) is 6.04 Å². The van der Waals surface area contributed by atoms with Crippen LogP contribution in [0.15, 0.2) is 72.8 Å². The molecule has 118 valence electrons. The maximum atomic E-state index is 6.25. The summed E-state index contributed by atoms with van der Waals surface area (Å²) >= 11 is 6.25. The van der Waals surface area contributed by atoms with Crippen molar-refractivity contribution in [3.8, 4) is 0 Å². The smallest absolute Gasteiger partial charge is 0.0560 e. The lowest BCUT2D eigenvalue weighted by Crippen LogP contribution is -2.29. The molecule has 0 amide bonds. The van der Waals surface area contributed by atoms with E-state index in [0.717, 1.165) is 11.4 Å². The molecule has 0 radical (unpaired) electrons. The Kier molecular flexibility index (Phi) is 3.17. The van der Waals surface area contributed by atoms with E-state index in [0.29, 0.717) is 17.9 Å². The lowest BCUT2D eigenvalue weighted by Gasteiger charge is -2.38. The summed E-state index contributed by atoms with van der Waals surface area (Å²) in [6.45, 7) is 0. The minimum Gasteiger partial charge on any atom is -0.378 e. The number of halogens is 1. The summed E-state index contributed by atoms with van der Waals surface area (Å²) in [7, 11) is 0. The highest BCUT2D eigenvalue weighted by Crippen LogP contribution is 2.51. The van der Waals surface area contributed by atoms with Crippen molar-refractivity contribution in [1.29, 1.82) is 0 Å². The number of benzene rings is 3. The van der Waals surface area contributed by atoms with Gasteiger partial charge in [0, 0.05) is 16.6 Å². The highest BCUT2D eigenvalue weighted by Gasteiger charge is 2.38. The Morgan fingerprint density at radius 2 is 1.79 bits per heavy atom. The summed E-state index contributed by atoms with van der Waals surface area (Å²) < 4.78 is 0. The highest BCUT2D eigenvalue weighted by atomic mass is 35.5. The summed E-state index contributed by atoms with van der Waals surface area (Å²) in [5.74, 6) is 0.991. The van der Waals surface area contributed by atoms with Gasteiger partial charge in [-0.05, 0) is 52.4 Å². The number of hydrogen-bond donors (Lipinski definition) is 1. The zero-order valence-corrected chi connectivity index (χ0v) is 14.0. The fourth-order valence-corrected chi connectivity index (χ4v) is 4.58. The minimum atomic E-state index is 0.324. The molecule has 2 aliphatic rings. The fraction of sp³-hybridized carbons (Fsp3) is 0.182. The Morgan fingerprint density at radius 3 is 2.75 bits per heavy atom. The normalized spacial score (nSPS) is 24.5. The lowest BCUT2D eigenvalue weighted by atomic mass is 9.76. The molecule has 1 N–H and O–H groups in total. The molecule has 3 aromatic rings. The quantitative estimate of drug-likeness (QED) is 0.514. The van der Waals surface area contributed by atoms with E-state index in [1.165, 1.54) is 27.6 Å². The molecule has 5 rings (SSSR count). The van der Waals surface area contributed by atoms with E-state index >= 15 is 0 Å². The van der Waals surface area contributed by atoms with Gasteiger partial charge in [-0.15, -0.1) is 0 Å². The first kappa shape index (κ1) is 14.1. The van der Waals surface area contributed by atoms with Crippen LogP contribution in [0, 0.1) is 5.92 Å². The molecule has 1 aliphatic carbocycles. The Labute approximate surface area is 147 Å². The molecule has 0 aromatic heterocycles. The van der Waals surface area contributed by atoms with Crippen molar-refractivity contribution in [2.24, 2.45) is 5.92 Å². The number of nitrogens with one attached hydrogen (secondary N) is 1. The molecule has 0 unspecified atom stereocenters. The molecule has 0 saturated carbocycles. The van der Waals surface area contributed by atoms with Crippen LogP contribution in [-0.4, -0.2) is 0 Å². The average Bonchev–Trinajstić information content (AvgIpc) is 3.11. The van der Waals surface area contributed by atoms with Crippen molar-refractivity contribution in [3.63, 3.8) is 0 Å². The molecule has 3 atom stereocenters. The molecule has 1 nitrogen and oxygen atoms in total. The maximum absolute atomic E-state index is 6.25. The molecular weight excluding hydrogens is 314 g/mol. The summed E-state index contributed by atoms with van der Waals surface area (Å²) in [5.41, 5.74) is 3.94. The topological polar surface area (TPSA) is 12.0 Å². The molecule has 0 spiro atoms. The van der Waals surface area contributed by atoms with Crippen LogP contribution in [0.25, 0.3) is 10.8 Å². The van der Waals surface area contributed by atoms with E-state index < -0.39 is 0 Å². The number of anilines is 1. The van der Waals surface area contributed by atoms with E-state index in [4.69, 9.17) is 11.6 Å². The van der Waals surface area contributed by atoms with Crippen molar-refractivity contribution >= 4 is 28.1 Å². The van der Waals surface area contributed by atoms with Gasteiger partial charge < -0.3 is 5.32 Å². The third-order valence-corrected chi connectivity index (χ3v) is 5.72. The monoisotopic (exact) mass is 331 g/mol. The molecule has 1 heterocycles. The van der Waals surface area contributed by atoms with Gasteiger partial charge in [0.25, 0.3) is 0 Å². The highest BCUT2D eigenvalue weighted by molar-refractivity contribution is 6.30. The number of allylic oxidation sites excluding steroid dienone is 2. The van der Waals surface area contributed by atoms with Gasteiger partial charge in [-0.1, -0.05) is 66.2 Å². The number of fused-ring (bicyclic) bond motifs is 4. The van der Waals surface area contributed by atoms with Crippen LogP contribution in [0.3, 0.4) is 0 Å². The Bertz CT molecular complexity index is 954. The van der Waals surface area contributed by atoms with Crippen LogP contribution in [0.2, 0.25) is 5.02 Å². The van der Waals surface area contributed by atoms with Crippen LogP contribution in [-0.2, 0) is 0 Å². The zero-order chi connectivity index (χ0) is 16.1. The van der Waals surface area contributed by atoms with E-state index in [1.807, 2.05) is 6.07 Å². The summed E-state index contributed by atoms with van der Waals surface area (Å²) in [4.78, 5) is 0. The minimum absolute atomic E-state index is 0.324. The standard InChI is InChI=1S/C22H18ClN/c23-15-11-12-21-20(13-15)17-8-4-10-19(17)22(24-21)18-9-3-6-14-5-1-2-7-16(14)18/h1-9,11-13,17,19,22,24H,10H2/t17-,19-,22+/m0/s1. The predicted octanol–water partition coefficient (Wildman–Crippen LogP) is 6.32. The zero-order valence-electron chi connectivity index (χ0n) is 13.2. The molecule has 0 fully saturated rings. The largest absolute Gasteiger partial charge is 0.378 e. The van der Waals surface area contributed by atoms with E-state index in [1.54, 1.807) is 0 Å². The molecule has 1 aliphatic heterocycles. The van der Waals surface area contributed by atoms with E-state index in [-0.39, 0.29) is 0 Å². The van der Waals surface area contributed by atoms with Crippen molar-refractivity contribution in [1.82, 2.24) is 0 Å². The Balaban J connectivity index is 1.68. The van der Waals surface area contributed by atoms with Gasteiger partial charge >= 0.3 is 0 Å². The van der Waals surface area contributed by atoms with Crippen molar-refractivity contribution in [2.45, 2.75) is 18.4 Å². The van der Waals surface area contributed by atoms with Gasteiger partial charge in [-0.25, -0.2) is 0 Å². The SMILES string of the molecule is Clc1ccc2c(c1)[C@H]1C=CC[C@@H]1[C@@H](c1cccc3ccccc13)N2. The average molecular weight is 332 g/mol. The first-order valence-corrected chi connectivity index (χ1v) is 8.89.